The molecule has 1 heterocycles. The minimum absolute atomic E-state index is 0.0220. The van der Waals surface area contributed by atoms with E-state index in [2.05, 4.69) is 22.3 Å². The smallest absolute Gasteiger partial charge is 0.224 e. The number of aryl methyl sites for hydroxylation is 1. The third-order valence-corrected chi connectivity index (χ3v) is 5.49. The second-order valence-corrected chi connectivity index (χ2v) is 7.53. The molecule has 1 saturated heterocycles. The topological polar surface area (TPSA) is 60.0 Å². The van der Waals surface area contributed by atoms with Crippen LogP contribution in [0, 0.1) is 0 Å². The van der Waals surface area contributed by atoms with Crippen molar-refractivity contribution < 1.29 is 19.0 Å². The van der Waals surface area contributed by atoms with E-state index in [0.29, 0.717) is 30.1 Å². The average Bonchev–Trinajstić information content (AvgIpc) is 3.07. The SMILES string of the molecule is COc1cc(CCC(=O)Nc2ccc(N3CCCCCC3)cc2)cc(OC)c1OC. The lowest BCUT2D eigenvalue weighted by Gasteiger charge is -2.22. The van der Waals surface area contributed by atoms with Crippen LogP contribution in [-0.2, 0) is 11.2 Å². The van der Waals surface area contributed by atoms with Crippen molar-refractivity contribution >= 4 is 17.3 Å². The fourth-order valence-corrected chi connectivity index (χ4v) is 3.85. The Labute approximate surface area is 179 Å². The maximum atomic E-state index is 12.4. The molecule has 2 aromatic carbocycles. The van der Waals surface area contributed by atoms with E-state index >= 15 is 0 Å². The monoisotopic (exact) mass is 412 g/mol. The third-order valence-electron chi connectivity index (χ3n) is 5.49. The largest absolute Gasteiger partial charge is 0.493 e. The summed E-state index contributed by atoms with van der Waals surface area (Å²) in [4.78, 5) is 14.9. The summed E-state index contributed by atoms with van der Waals surface area (Å²) >= 11 is 0. The number of anilines is 2. The van der Waals surface area contributed by atoms with Gasteiger partial charge in [0.1, 0.15) is 0 Å². The van der Waals surface area contributed by atoms with Crippen molar-refractivity contribution in [3.05, 3.63) is 42.0 Å². The van der Waals surface area contributed by atoms with E-state index in [4.69, 9.17) is 14.2 Å². The highest BCUT2D eigenvalue weighted by Gasteiger charge is 2.14. The molecule has 0 saturated carbocycles. The van der Waals surface area contributed by atoms with Crippen LogP contribution in [0.15, 0.2) is 36.4 Å². The third kappa shape index (κ3) is 5.59. The van der Waals surface area contributed by atoms with Gasteiger partial charge in [0.25, 0.3) is 0 Å². The molecule has 1 fully saturated rings. The Kier molecular flexibility index (Phi) is 7.82. The van der Waals surface area contributed by atoms with E-state index in [-0.39, 0.29) is 5.91 Å². The van der Waals surface area contributed by atoms with Gasteiger partial charge in [-0.05, 0) is 61.2 Å². The van der Waals surface area contributed by atoms with Crippen molar-refractivity contribution in [2.24, 2.45) is 0 Å². The van der Waals surface area contributed by atoms with Crippen molar-refractivity contribution in [1.82, 2.24) is 0 Å². The van der Waals surface area contributed by atoms with Gasteiger partial charge < -0.3 is 24.4 Å². The van der Waals surface area contributed by atoms with E-state index in [1.807, 2.05) is 24.3 Å². The summed E-state index contributed by atoms with van der Waals surface area (Å²) in [7, 11) is 4.75. The Balaban J connectivity index is 1.57. The Morgan fingerprint density at radius 1 is 0.900 bits per heavy atom. The highest BCUT2D eigenvalue weighted by atomic mass is 16.5. The Hall–Kier alpha value is -2.89. The van der Waals surface area contributed by atoms with Crippen molar-refractivity contribution in [3.63, 3.8) is 0 Å². The number of nitrogens with zero attached hydrogens (tertiary/aromatic N) is 1. The molecule has 2 aromatic rings. The molecule has 0 unspecified atom stereocenters. The quantitative estimate of drug-likeness (QED) is 0.683. The molecule has 6 heteroatoms. The van der Waals surface area contributed by atoms with Crippen LogP contribution >= 0.6 is 0 Å². The molecular formula is C24H32N2O4. The molecule has 1 N–H and O–H groups in total. The summed E-state index contributed by atoms with van der Waals surface area (Å²) in [5.41, 5.74) is 3.01. The summed E-state index contributed by atoms with van der Waals surface area (Å²) < 4.78 is 16.1. The zero-order valence-electron chi connectivity index (χ0n) is 18.2. The molecule has 0 aliphatic carbocycles. The van der Waals surface area contributed by atoms with Crippen LogP contribution in [0.2, 0.25) is 0 Å². The molecule has 6 nitrogen and oxygen atoms in total. The molecular weight excluding hydrogens is 380 g/mol. The predicted octanol–water partition coefficient (Wildman–Crippen LogP) is 4.66. The molecule has 0 atom stereocenters. The first-order valence-corrected chi connectivity index (χ1v) is 10.6. The van der Waals surface area contributed by atoms with Gasteiger partial charge in [-0.2, -0.15) is 0 Å². The fraction of sp³-hybridized carbons (Fsp3) is 0.458. The van der Waals surface area contributed by atoms with Crippen LogP contribution < -0.4 is 24.4 Å². The van der Waals surface area contributed by atoms with Gasteiger partial charge in [0.15, 0.2) is 11.5 Å². The van der Waals surface area contributed by atoms with E-state index in [1.54, 1.807) is 21.3 Å². The summed E-state index contributed by atoms with van der Waals surface area (Å²) in [6, 6.07) is 11.9. The van der Waals surface area contributed by atoms with Crippen LogP contribution in [0.25, 0.3) is 0 Å². The number of carbonyl (C=O) groups is 1. The molecule has 1 aliphatic rings. The van der Waals surface area contributed by atoms with Crippen molar-refractivity contribution in [3.8, 4) is 17.2 Å². The Morgan fingerprint density at radius 2 is 1.50 bits per heavy atom. The van der Waals surface area contributed by atoms with Crippen LogP contribution in [0.4, 0.5) is 11.4 Å². The normalized spacial score (nSPS) is 14.0. The highest BCUT2D eigenvalue weighted by Crippen LogP contribution is 2.38. The van der Waals surface area contributed by atoms with E-state index in [9.17, 15) is 4.79 Å². The van der Waals surface area contributed by atoms with Gasteiger partial charge in [0.05, 0.1) is 21.3 Å². The molecule has 162 valence electrons. The first kappa shape index (κ1) is 21.8. The van der Waals surface area contributed by atoms with Crippen molar-refractivity contribution in [1.29, 1.82) is 0 Å². The number of amides is 1. The minimum atomic E-state index is -0.0220. The number of hydrogen-bond acceptors (Lipinski definition) is 5. The van der Waals surface area contributed by atoms with Gasteiger partial charge in [-0.1, -0.05) is 12.8 Å². The van der Waals surface area contributed by atoms with Gasteiger partial charge >= 0.3 is 0 Å². The van der Waals surface area contributed by atoms with Crippen LogP contribution in [0.1, 0.15) is 37.7 Å². The first-order chi connectivity index (χ1) is 14.6. The van der Waals surface area contributed by atoms with E-state index in [1.165, 1.54) is 31.4 Å². The Morgan fingerprint density at radius 3 is 2.03 bits per heavy atom. The van der Waals surface area contributed by atoms with Crippen molar-refractivity contribution in [2.45, 2.75) is 38.5 Å². The second kappa shape index (κ2) is 10.8. The molecule has 1 aliphatic heterocycles. The highest BCUT2D eigenvalue weighted by molar-refractivity contribution is 5.91. The standard InChI is InChI=1S/C24H32N2O4/c1-28-21-16-18(17-22(29-2)24(21)30-3)8-13-23(27)25-19-9-11-20(12-10-19)26-14-6-4-5-7-15-26/h9-12,16-17H,4-8,13-15H2,1-3H3,(H,25,27). The number of benzene rings is 2. The second-order valence-electron chi connectivity index (χ2n) is 7.53. The number of methoxy groups -OCH3 is 3. The number of carbonyl (C=O) groups excluding carboxylic acids is 1. The Bertz CT molecular complexity index is 803. The maximum absolute atomic E-state index is 12.4. The van der Waals surface area contributed by atoms with Crippen LogP contribution in [0.5, 0.6) is 17.2 Å². The minimum Gasteiger partial charge on any atom is -0.493 e. The number of hydrogen-bond donors (Lipinski definition) is 1. The summed E-state index contributed by atoms with van der Waals surface area (Å²) in [5, 5.41) is 2.99. The van der Waals surface area contributed by atoms with E-state index in [0.717, 1.165) is 24.3 Å². The molecule has 30 heavy (non-hydrogen) atoms. The van der Waals surface area contributed by atoms with Gasteiger partial charge in [-0.25, -0.2) is 0 Å². The zero-order valence-corrected chi connectivity index (χ0v) is 18.2. The first-order valence-electron chi connectivity index (χ1n) is 10.6. The van der Waals surface area contributed by atoms with Crippen LogP contribution in [-0.4, -0.2) is 40.3 Å². The molecule has 3 rings (SSSR count). The molecule has 0 aromatic heterocycles. The number of nitrogens with one attached hydrogen (secondary N) is 1. The summed E-state index contributed by atoms with van der Waals surface area (Å²) in [5.74, 6) is 1.72. The zero-order chi connectivity index (χ0) is 21.3. The van der Waals surface area contributed by atoms with Gasteiger partial charge in [-0.15, -0.1) is 0 Å². The molecule has 1 amide bonds. The number of ether oxygens (including phenoxy) is 3. The lowest BCUT2D eigenvalue weighted by molar-refractivity contribution is -0.116. The maximum Gasteiger partial charge on any atom is 0.224 e. The predicted molar refractivity (Wildman–Crippen MR) is 120 cm³/mol. The summed E-state index contributed by atoms with van der Waals surface area (Å²) in [6.45, 7) is 2.22. The van der Waals surface area contributed by atoms with Crippen LogP contribution in [0.3, 0.4) is 0 Å². The van der Waals surface area contributed by atoms with Crippen molar-refractivity contribution in [2.75, 3.05) is 44.6 Å². The fourth-order valence-electron chi connectivity index (χ4n) is 3.85. The average molecular weight is 413 g/mol. The lowest BCUT2D eigenvalue weighted by atomic mass is 10.1. The molecule has 0 spiro atoms. The number of rotatable bonds is 8. The van der Waals surface area contributed by atoms with E-state index < -0.39 is 0 Å². The molecule has 0 radical (unpaired) electrons. The van der Waals surface area contributed by atoms with Gasteiger partial charge in [-0.3, -0.25) is 4.79 Å². The van der Waals surface area contributed by atoms with Gasteiger partial charge in [0, 0.05) is 30.9 Å². The lowest BCUT2D eigenvalue weighted by Crippen LogP contribution is -2.23. The summed E-state index contributed by atoms with van der Waals surface area (Å²) in [6.07, 6.45) is 6.08. The molecule has 0 bridgehead atoms. The van der Waals surface area contributed by atoms with Gasteiger partial charge in [0.2, 0.25) is 11.7 Å².